The molecule has 3 aromatic rings. The lowest BCUT2D eigenvalue weighted by Crippen LogP contribution is -2.11. The summed E-state index contributed by atoms with van der Waals surface area (Å²) in [5.41, 5.74) is 2.66. The number of hydrogen-bond acceptors (Lipinski definition) is 5. The first kappa shape index (κ1) is 17.2. The molecule has 0 saturated heterocycles. The van der Waals surface area contributed by atoms with E-state index >= 15 is 0 Å². The minimum absolute atomic E-state index is 0.0686. The molecular formula is C19H18O5S. The molecule has 0 N–H and O–H groups in total. The van der Waals surface area contributed by atoms with Crippen molar-refractivity contribution in [1.29, 1.82) is 0 Å². The maximum atomic E-state index is 12.5. The molecule has 6 heteroatoms. The summed E-state index contributed by atoms with van der Waals surface area (Å²) in [5, 5.41) is 0.759. The molecule has 0 spiro atoms. The van der Waals surface area contributed by atoms with Gasteiger partial charge in [-0.3, -0.25) is 0 Å². The van der Waals surface area contributed by atoms with Crippen LogP contribution < -0.4 is 9.81 Å². The fourth-order valence-corrected chi connectivity index (χ4v) is 3.57. The fourth-order valence-electron chi connectivity index (χ4n) is 2.59. The highest BCUT2D eigenvalue weighted by molar-refractivity contribution is 7.87. The van der Waals surface area contributed by atoms with Crippen LogP contribution in [0.2, 0.25) is 0 Å². The van der Waals surface area contributed by atoms with Crippen LogP contribution in [-0.2, 0) is 10.1 Å². The quantitative estimate of drug-likeness (QED) is 0.526. The van der Waals surface area contributed by atoms with Crippen LogP contribution in [0, 0.1) is 27.7 Å². The van der Waals surface area contributed by atoms with Gasteiger partial charge < -0.3 is 8.60 Å². The number of fused-ring (bicyclic) bond motifs is 1. The third-order valence-corrected chi connectivity index (χ3v) is 5.58. The predicted octanol–water partition coefficient (Wildman–Crippen LogP) is 3.79. The molecule has 0 atom stereocenters. The molecule has 0 bridgehead atoms. The van der Waals surface area contributed by atoms with Crippen molar-refractivity contribution in [3.05, 3.63) is 69.1 Å². The first-order valence-electron chi connectivity index (χ1n) is 7.75. The largest absolute Gasteiger partial charge is 0.422 e. The van der Waals surface area contributed by atoms with E-state index in [0.29, 0.717) is 16.7 Å². The first-order valence-corrected chi connectivity index (χ1v) is 9.16. The Balaban J connectivity index is 2.11. The van der Waals surface area contributed by atoms with Gasteiger partial charge >= 0.3 is 15.7 Å². The Hall–Kier alpha value is -2.60. The first-order chi connectivity index (χ1) is 11.7. The van der Waals surface area contributed by atoms with Crippen molar-refractivity contribution in [2.75, 3.05) is 0 Å². The van der Waals surface area contributed by atoms with E-state index in [1.54, 1.807) is 38.1 Å². The minimum atomic E-state index is -3.97. The van der Waals surface area contributed by atoms with Crippen LogP contribution >= 0.6 is 0 Å². The summed E-state index contributed by atoms with van der Waals surface area (Å²) < 4.78 is 35.6. The van der Waals surface area contributed by atoms with Crippen LogP contribution in [0.4, 0.5) is 0 Å². The molecule has 1 heterocycles. The van der Waals surface area contributed by atoms with Gasteiger partial charge in [0.05, 0.1) is 0 Å². The second-order valence-electron chi connectivity index (χ2n) is 6.06. The Kier molecular flexibility index (Phi) is 4.16. The third-order valence-electron chi connectivity index (χ3n) is 4.33. The van der Waals surface area contributed by atoms with Gasteiger partial charge in [-0.05, 0) is 57.5 Å². The van der Waals surface area contributed by atoms with Gasteiger partial charge in [0.1, 0.15) is 16.2 Å². The summed E-state index contributed by atoms with van der Waals surface area (Å²) in [7, 11) is -3.97. The zero-order valence-electron chi connectivity index (χ0n) is 14.4. The van der Waals surface area contributed by atoms with Gasteiger partial charge in [0.2, 0.25) is 0 Å². The van der Waals surface area contributed by atoms with E-state index in [2.05, 4.69) is 0 Å². The van der Waals surface area contributed by atoms with E-state index in [1.165, 1.54) is 12.1 Å². The molecule has 0 aliphatic heterocycles. The lowest BCUT2D eigenvalue weighted by atomic mass is 10.0. The molecule has 0 aliphatic carbocycles. The van der Waals surface area contributed by atoms with Crippen LogP contribution in [0.3, 0.4) is 0 Å². The van der Waals surface area contributed by atoms with Crippen molar-refractivity contribution in [3.8, 4) is 5.75 Å². The van der Waals surface area contributed by atoms with Crippen LogP contribution in [-0.4, -0.2) is 8.42 Å². The van der Waals surface area contributed by atoms with Crippen molar-refractivity contribution in [3.63, 3.8) is 0 Å². The van der Waals surface area contributed by atoms with E-state index in [1.807, 2.05) is 13.8 Å². The lowest BCUT2D eigenvalue weighted by Gasteiger charge is -2.12. The average Bonchev–Trinajstić information content (AvgIpc) is 2.56. The van der Waals surface area contributed by atoms with Gasteiger partial charge in [0, 0.05) is 16.5 Å². The van der Waals surface area contributed by atoms with Crippen molar-refractivity contribution < 1.29 is 17.0 Å². The zero-order valence-corrected chi connectivity index (χ0v) is 15.2. The van der Waals surface area contributed by atoms with Gasteiger partial charge in [-0.2, -0.15) is 8.42 Å². The Labute approximate surface area is 146 Å². The number of benzene rings is 2. The molecule has 0 unspecified atom stereocenters. The topological polar surface area (TPSA) is 73.6 Å². The van der Waals surface area contributed by atoms with Gasteiger partial charge in [-0.25, -0.2) is 4.79 Å². The minimum Gasteiger partial charge on any atom is -0.422 e. The third kappa shape index (κ3) is 3.05. The van der Waals surface area contributed by atoms with Crippen molar-refractivity contribution >= 4 is 21.1 Å². The highest BCUT2D eigenvalue weighted by Crippen LogP contribution is 2.31. The zero-order chi connectivity index (χ0) is 18.4. The van der Waals surface area contributed by atoms with Crippen LogP contribution in [0.25, 0.3) is 11.0 Å². The second-order valence-corrected chi connectivity index (χ2v) is 7.60. The monoisotopic (exact) mass is 358 g/mol. The van der Waals surface area contributed by atoms with E-state index < -0.39 is 15.7 Å². The standard InChI is InChI=1S/C19H18O5S/c1-11-5-7-15(8-6-11)25(21,22)24-17-10-9-16-12(2)13(3)19(20)23-18(16)14(17)4/h5-10H,1-4H3. The SMILES string of the molecule is Cc1ccc(S(=O)(=O)Oc2ccc3c(C)c(C)c(=O)oc3c2C)cc1. The van der Waals surface area contributed by atoms with Gasteiger partial charge in [0.15, 0.2) is 0 Å². The molecule has 0 amide bonds. The highest BCUT2D eigenvalue weighted by Gasteiger charge is 2.20. The summed E-state index contributed by atoms with van der Waals surface area (Å²) in [4.78, 5) is 12.0. The lowest BCUT2D eigenvalue weighted by molar-refractivity contribution is 0.482. The van der Waals surface area contributed by atoms with Gasteiger partial charge in [-0.15, -0.1) is 0 Å². The Morgan fingerprint density at radius 1 is 0.840 bits per heavy atom. The van der Waals surface area contributed by atoms with E-state index in [0.717, 1.165) is 16.5 Å². The Morgan fingerprint density at radius 2 is 1.48 bits per heavy atom. The average molecular weight is 358 g/mol. The molecular weight excluding hydrogens is 340 g/mol. The highest BCUT2D eigenvalue weighted by atomic mass is 32.2. The maximum absolute atomic E-state index is 12.5. The molecule has 0 fully saturated rings. The second kappa shape index (κ2) is 6.04. The molecule has 0 aliphatic rings. The molecule has 130 valence electrons. The summed E-state index contributed by atoms with van der Waals surface area (Å²) >= 11 is 0. The summed E-state index contributed by atoms with van der Waals surface area (Å²) in [6.07, 6.45) is 0. The summed E-state index contributed by atoms with van der Waals surface area (Å²) in [6.45, 7) is 7.07. The smallest absolute Gasteiger partial charge is 0.339 e. The molecule has 0 radical (unpaired) electrons. The Morgan fingerprint density at radius 3 is 2.12 bits per heavy atom. The molecule has 5 nitrogen and oxygen atoms in total. The molecule has 3 rings (SSSR count). The van der Waals surface area contributed by atoms with Crippen molar-refractivity contribution in [2.24, 2.45) is 0 Å². The van der Waals surface area contributed by atoms with Crippen molar-refractivity contribution in [2.45, 2.75) is 32.6 Å². The number of aryl methyl sites for hydroxylation is 3. The van der Waals surface area contributed by atoms with Crippen LogP contribution in [0.15, 0.2) is 50.5 Å². The molecule has 2 aromatic carbocycles. The van der Waals surface area contributed by atoms with Gasteiger partial charge in [-0.1, -0.05) is 17.7 Å². The molecule has 0 saturated carbocycles. The number of rotatable bonds is 3. The number of hydrogen-bond donors (Lipinski definition) is 0. The molecule has 25 heavy (non-hydrogen) atoms. The van der Waals surface area contributed by atoms with Crippen LogP contribution in [0.1, 0.15) is 22.3 Å². The Bertz CT molecular complexity index is 1120. The maximum Gasteiger partial charge on any atom is 0.339 e. The predicted molar refractivity (Wildman–Crippen MR) is 95.7 cm³/mol. The summed E-state index contributed by atoms with van der Waals surface area (Å²) in [5.74, 6) is 0.138. The van der Waals surface area contributed by atoms with E-state index in [4.69, 9.17) is 8.60 Å². The summed E-state index contributed by atoms with van der Waals surface area (Å²) in [6, 6.07) is 9.68. The van der Waals surface area contributed by atoms with E-state index in [9.17, 15) is 13.2 Å². The van der Waals surface area contributed by atoms with Crippen molar-refractivity contribution in [1.82, 2.24) is 0 Å². The van der Waals surface area contributed by atoms with E-state index in [-0.39, 0.29) is 10.6 Å². The normalized spacial score (nSPS) is 11.7. The van der Waals surface area contributed by atoms with Gasteiger partial charge in [0.25, 0.3) is 0 Å². The fraction of sp³-hybridized carbons (Fsp3) is 0.211. The van der Waals surface area contributed by atoms with Crippen LogP contribution in [0.5, 0.6) is 5.75 Å². The molecule has 1 aromatic heterocycles.